The Hall–Kier alpha value is -2.53. The van der Waals surface area contributed by atoms with E-state index in [0.717, 1.165) is 0 Å². The van der Waals surface area contributed by atoms with Gasteiger partial charge in [0.1, 0.15) is 0 Å². The highest BCUT2D eigenvalue weighted by Gasteiger charge is 2.37. The monoisotopic (exact) mass is 324 g/mol. The van der Waals surface area contributed by atoms with Crippen LogP contribution in [-0.4, -0.2) is 37.2 Å². The molecule has 1 saturated heterocycles. The van der Waals surface area contributed by atoms with E-state index in [1.807, 2.05) is 35.2 Å². The molecule has 2 aromatic rings. The number of ether oxygens (including phenoxy) is 2. The van der Waals surface area contributed by atoms with Crippen molar-refractivity contribution < 1.29 is 14.3 Å². The fraction of sp³-hybridized carbons (Fsp3) is 0.316. The zero-order chi connectivity index (χ0) is 16.5. The third-order valence-electron chi connectivity index (χ3n) is 4.89. The summed E-state index contributed by atoms with van der Waals surface area (Å²) in [6.45, 7) is 2.07. The van der Waals surface area contributed by atoms with Crippen molar-refractivity contribution in [1.29, 1.82) is 0 Å². The SMILES string of the molecule is NC[C@@H]1CN(C(=O)c2cccc3c2OCO3)C[C@H]1c1ccccc1. The normalized spacial score (nSPS) is 22.0. The van der Waals surface area contributed by atoms with Gasteiger partial charge in [0, 0.05) is 19.0 Å². The largest absolute Gasteiger partial charge is 0.454 e. The molecule has 2 heterocycles. The molecule has 24 heavy (non-hydrogen) atoms. The Morgan fingerprint density at radius 3 is 2.71 bits per heavy atom. The van der Waals surface area contributed by atoms with Gasteiger partial charge in [-0.3, -0.25) is 4.79 Å². The lowest BCUT2D eigenvalue weighted by atomic mass is 9.89. The van der Waals surface area contributed by atoms with E-state index in [1.54, 1.807) is 6.07 Å². The number of benzene rings is 2. The third-order valence-corrected chi connectivity index (χ3v) is 4.89. The predicted molar refractivity (Wildman–Crippen MR) is 90.2 cm³/mol. The van der Waals surface area contributed by atoms with Gasteiger partial charge in [-0.2, -0.15) is 0 Å². The van der Waals surface area contributed by atoms with Gasteiger partial charge >= 0.3 is 0 Å². The second-order valence-electron chi connectivity index (χ2n) is 6.26. The zero-order valence-electron chi connectivity index (χ0n) is 13.4. The third kappa shape index (κ3) is 2.51. The van der Waals surface area contributed by atoms with Crippen LogP contribution >= 0.6 is 0 Å². The molecule has 2 aromatic carbocycles. The molecule has 1 amide bonds. The van der Waals surface area contributed by atoms with Crippen molar-refractivity contribution in [2.24, 2.45) is 11.7 Å². The molecule has 0 bridgehead atoms. The van der Waals surface area contributed by atoms with Crippen molar-refractivity contribution in [2.75, 3.05) is 26.4 Å². The Balaban J connectivity index is 1.59. The lowest BCUT2D eigenvalue weighted by molar-refractivity contribution is 0.0781. The molecule has 2 aliphatic heterocycles. The first-order valence-corrected chi connectivity index (χ1v) is 8.21. The van der Waals surface area contributed by atoms with Crippen LogP contribution in [-0.2, 0) is 0 Å². The summed E-state index contributed by atoms with van der Waals surface area (Å²) in [5, 5.41) is 0. The molecule has 2 atom stereocenters. The lowest BCUT2D eigenvalue weighted by Crippen LogP contribution is -2.30. The fourth-order valence-electron chi connectivity index (χ4n) is 3.62. The van der Waals surface area contributed by atoms with E-state index in [4.69, 9.17) is 15.2 Å². The van der Waals surface area contributed by atoms with E-state index in [0.29, 0.717) is 36.7 Å². The second-order valence-corrected chi connectivity index (χ2v) is 6.26. The van der Waals surface area contributed by atoms with Crippen molar-refractivity contribution in [3.05, 3.63) is 59.7 Å². The van der Waals surface area contributed by atoms with E-state index < -0.39 is 0 Å². The highest BCUT2D eigenvalue weighted by Crippen LogP contribution is 2.38. The summed E-state index contributed by atoms with van der Waals surface area (Å²) in [7, 11) is 0. The summed E-state index contributed by atoms with van der Waals surface area (Å²) in [6, 6.07) is 15.7. The van der Waals surface area contributed by atoms with Gasteiger partial charge in [-0.05, 0) is 30.2 Å². The standard InChI is InChI=1S/C19H20N2O3/c20-9-14-10-21(11-16(14)13-5-2-1-3-6-13)19(22)15-7-4-8-17-18(15)24-12-23-17/h1-8,14,16H,9-12,20H2/t14-,16+/m1/s1. The molecule has 5 heteroatoms. The Bertz CT molecular complexity index is 748. The Labute approximate surface area is 141 Å². The van der Waals surface area contributed by atoms with Crippen LogP contribution in [0, 0.1) is 5.92 Å². The van der Waals surface area contributed by atoms with Gasteiger partial charge < -0.3 is 20.1 Å². The minimum atomic E-state index is -0.0192. The first kappa shape index (κ1) is 15.0. The molecule has 0 saturated carbocycles. The average molecular weight is 324 g/mol. The number of carbonyl (C=O) groups excluding carboxylic acids is 1. The van der Waals surface area contributed by atoms with Gasteiger partial charge in [0.15, 0.2) is 11.5 Å². The molecule has 0 radical (unpaired) electrons. The maximum absolute atomic E-state index is 13.0. The fourth-order valence-corrected chi connectivity index (χ4v) is 3.62. The number of rotatable bonds is 3. The number of hydrogen-bond donors (Lipinski definition) is 1. The minimum Gasteiger partial charge on any atom is -0.454 e. The van der Waals surface area contributed by atoms with Gasteiger partial charge in [0.05, 0.1) is 5.56 Å². The van der Waals surface area contributed by atoms with E-state index in [-0.39, 0.29) is 24.5 Å². The van der Waals surface area contributed by atoms with Crippen LogP contribution in [0.3, 0.4) is 0 Å². The van der Waals surface area contributed by atoms with Gasteiger partial charge in [0.25, 0.3) is 5.91 Å². The quantitative estimate of drug-likeness (QED) is 0.940. The molecule has 0 unspecified atom stereocenters. The summed E-state index contributed by atoms with van der Waals surface area (Å²) < 4.78 is 10.9. The highest BCUT2D eigenvalue weighted by atomic mass is 16.7. The first-order valence-electron chi connectivity index (χ1n) is 8.21. The van der Waals surface area contributed by atoms with Crippen molar-refractivity contribution in [2.45, 2.75) is 5.92 Å². The van der Waals surface area contributed by atoms with Crippen molar-refractivity contribution in [3.8, 4) is 11.5 Å². The Morgan fingerprint density at radius 1 is 1.08 bits per heavy atom. The van der Waals surface area contributed by atoms with Crippen LogP contribution in [0.25, 0.3) is 0 Å². The summed E-state index contributed by atoms with van der Waals surface area (Å²) in [5.74, 6) is 1.71. The van der Waals surface area contributed by atoms with Gasteiger partial charge in [-0.25, -0.2) is 0 Å². The van der Waals surface area contributed by atoms with Crippen LogP contribution in [0.1, 0.15) is 21.8 Å². The summed E-state index contributed by atoms with van der Waals surface area (Å²) >= 11 is 0. The number of likely N-dealkylation sites (tertiary alicyclic amines) is 1. The number of nitrogens with zero attached hydrogens (tertiary/aromatic N) is 1. The molecule has 2 N–H and O–H groups in total. The van der Waals surface area contributed by atoms with E-state index >= 15 is 0 Å². The Kier molecular flexibility index (Phi) is 3.86. The molecular formula is C19H20N2O3. The number of fused-ring (bicyclic) bond motifs is 1. The molecule has 0 aliphatic carbocycles. The van der Waals surface area contributed by atoms with Crippen LogP contribution in [0.15, 0.2) is 48.5 Å². The second kappa shape index (κ2) is 6.17. The van der Waals surface area contributed by atoms with E-state index in [1.165, 1.54) is 5.56 Å². The number of carbonyl (C=O) groups is 1. The lowest BCUT2D eigenvalue weighted by Gasteiger charge is -2.17. The minimum absolute atomic E-state index is 0.0192. The summed E-state index contributed by atoms with van der Waals surface area (Å²) in [4.78, 5) is 14.9. The molecule has 1 fully saturated rings. The molecule has 2 aliphatic rings. The van der Waals surface area contributed by atoms with Gasteiger partial charge in [-0.15, -0.1) is 0 Å². The highest BCUT2D eigenvalue weighted by molar-refractivity contribution is 5.98. The molecule has 5 nitrogen and oxygen atoms in total. The Morgan fingerprint density at radius 2 is 1.92 bits per heavy atom. The number of nitrogens with two attached hydrogens (primary N) is 1. The van der Waals surface area contributed by atoms with Crippen LogP contribution in [0.5, 0.6) is 11.5 Å². The summed E-state index contributed by atoms with van der Waals surface area (Å²) in [5.41, 5.74) is 7.77. The van der Waals surface area contributed by atoms with Crippen LogP contribution in [0.4, 0.5) is 0 Å². The van der Waals surface area contributed by atoms with E-state index in [2.05, 4.69) is 12.1 Å². The molecule has 124 valence electrons. The van der Waals surface area contributed by atoms with Crippen molar-refractivity contribution in [1.82, 2.24) is 4.90 Å². The topological polar surface area (TPSA) is 64.8 Å². The predicted octanol–water partition coefficient (Wildman–Crippen LogP) is 2.23. The van der Waals surface area contributed by atoms with Crippen LogP contribution in [0.2, 0.25) is 0 Å². The summed E-state index contributed by atoms with van der Waals surface area (Å²) in [6.07, 6.45) is 0. The number of amides is 1. The smallest absolute Gasteiger partial charge is 0.257 e. The molecule has 0 aromatic heterocycles. The van der Waals surface area contributed by atoms with Crippen LogP contribution < -0.4 is 15.2 Å². The number of para-hydroxylation sites is 1. The molecule has 0 spiro atoms. The van der Waals surface area contributed by atoms with Gasteiger partial charge in [-0.1, -0.05) is 36.4 Å². The maximum atomic E-state index is 13.0. The van der Waals surface area contributed by atoms with E-state index in [9.17, 15) is 4.79 Å². The van der Waals surface area contributed by atoms with Gasteiger partial charge in [0.2, 0.25) is 6.79 Å². The average Bonchev–Trinajstić information content (AvgIpc) is 3.28. The first-order chi connectivity index (χ1) is 11.8. The van der Waals surface area contributed by atoms with Crippen molar-refractivity contribution in [3.63, 3.8) is 0 Å². The zero-order valence-corrected chi connectivity index (χ0v) is 13.4. The maximum Gasteiger partial charge on any atom is 0.257 e. The number of hydrogen-bond acceptors (Lipinski definition) is 4. The van der Waals surface area contributed by atoms with Crippen molar-refractivity contribution >= 4 is 5.91 Å². The molecule has 4 rings (SSSR count). The molecular weight excluding hydrogens is 304 g/mol.